The van der Waals surface area contributed by atoms with Gasteiger partial charge in [0.15, 0.2) is 0 Å². The van der Waals surface area contributed by atoms with E-state index in [0.717, 1.165) is 25.2 Å². The van der Waals surface area contributed by atoms with E-state index in [4.69, 9.17) is 0 Å². The molecule has 17 heavy (non-hydrogen) atoms. The fraction of sp³-hybridized carbons (Fsp3) is 0.846. The summed E-state index contributed by atoms with van der Waals surface area (Å²) in [5, 5.41) is 14.2. The summed E-state index contributed by atoms with van der Waals surface area (Å²) in [4.78, 5) is 4.26. The van der Waals surface area contributed by atoms with Crippen LogP contribution in [-0.4, -0.2) is 26.0 Å². The van der Waals surface area contributed by atoms with Gasteiger partial charge in [-0.3, -0.25) is 0 Å². The summed E-state index contributed by atoms with van der Waals surface area (Å²) in [6.45, 7) is 11.4. The Morgan fingerprint density at radius 2 is 2.00 bits per heavy atom. The lowest BCUT2D eigenvalue weighted by Crippen LogP contribution is -2.27. The Balaban J connectivity index is 2.55. The van der Waals surface area contributed by atoms with Crippen molar-refractivity contribution in [3.63, 3.8) is 0 Å². The SMILES string of the molecule is CC(C)Cn1ncnc1CCC(O)C(C)(C)C. The van der Waals surface area contributed by atoms with Crippen molar-refractivity contribution in [2.24, 2.45) is 11.3 Å². The Morgan fingerprint density at radius 1 is 1.35 bits per heavy atom. The zero-order chi connectivity index (χ0) is 13.1. The molecule has 1 atom stereocenters. The maximum atomic E-state index is 10.00. The van der Waals surface area contributed by atoms with Gasteiger partial charge in [-0.2, -0.15) is 5.10 Å². The number of aryl methyl sites for hydroxylation is 1. The highest BCUT2D eigenvalue weighted by atomic mass is 16.3. The van der Waals surface area contributed by atoms with Crippen LogP contribution in [0.4, 0.5) is 0 Å². The van der Waals surface area contributed by atoms with Gasteiger partial charge in [0.05, 0.1) is 6.10 Å². The fourth-order valence-corrected chi connectivity index (χ4v) is 1.68. The molecular weight excluding hydrogens is 214 g/mol. The first kappa shape index (κ1) is 14.2. The molecule has 0 amide bonds. The highest BCUT2D eigenvalue weighted by molar-refractivity contribution is 4.87. The molecule has 1 heterocycles. The zero-order valence-electron chi connectivity index (χ0n) is 11.6. The Bertz CT molecular complexity index is 339. The molecule has 1 aromatic rings. The molecule has 0 aliphatic rings. The van der Waals surface area contributed by atoms with Gasteiger partial charge >= 0.3 is 0 Å². The molecular formula is C13H25N3O. The smallest absolute Gasteiger partial charge is 0.138 e. The number of hydrogen-bond acceptors (Lipinski definition) is 3. The lowest BCUT2D eigenvalue weighted by Gasteiger charge is -2.25. The minimum Gasteiger partial charge on any atom is -0.393 e. The topological polar surface area (TPSA) is 50.9 Å². The average Bonchev–Trinajstić information content (AvgIpc) is 2.59. The molecule has 0 aliphatic heterocycles. The lowest BCUT2D eigenvalue weighted by molar-refractivity contribution is 0.0553. The van der Waals surface area contributed by atoms with Crippen LogP contribution < -0.4 is 0 Å². The zero-order valence-corrected chi connectivity index (χ0v) is 11.6. The van der Waals surface area contributed by atoms with Crippen LogP contribution in [0.3, 0.4) is 0 Å². The van der Waals surface area contributed by atoms with Crippen LogP contribution in [0.15, 0.2) is 6.33 Å². The number of hydrogen-bond donors (Lipinski definition) is 1. The van der Waals surface area contributed by atoms with E-state index in [1.54, 1.807) is 6.33 Å². The first-order valence-corrected chi connectivity index (χ1v) is 6.35. The van der Waals surface area contributed by atoms with Crippen LogP contribution in [0.5, 0.6) is 0 Å². The fourth-order valence-electron chi connectivity index (χ4n) is 1.68. The van der Waals surface area contributed by atoms with Gasteiger partial charge in [0, 0.05) is 13.0 Å². The molecule has 1 N–H and O–H groups in total. The summed E-state index contributed by atoms with van der Waals surface area (Å²) in [5.74, 6) is 1.53. The Labute approximate surface area is 104 Å². The molecule has 0 spiro atoms. The molecule has 0 saturated carbocycles. The Hall–Kier alpha value is -0.900. The van der Waals surface area contributed by atoms with E-state index in [-0.39, 0.29) is 11.5 Å². The molecule has 4 nitrogen and oxygen atoms in total. The molecule has 0 fully saturated rings. The van der Waals surface area contributed by atoms with Crippen molar-refractivity contribution >= 4 is 0 Å². The molecule has 0 saturated heterocycles. The number of aliphatic hydroxyl groups excluding tert-OH is 1. The number of aliphatic hydroxyl groups is 1. The monoisotopic (exact) mass is 239 g/mol. The van der Waals surface area contributed by atoms with Gasteiger partial charge in [-0.05, 0) is 17.8 Å². The average molecular weight is 239 g/mol. The molecule has 0 aliphatic carbocycles. The first-order valence-electron chi connectivity index (χ1n) is 6.35. The predicted octanol–water partition coefficient (Wildman–Crippen LogP) is 2.27. The third-order valence-electron chi connectivity index (χ3n) is 2.87. The third kappa shape index (κ3) is 4.46. The van der Waals surface area contributed by atoms with Crippen molar-refractivity contribution < 1.29 is 5.11 Å². The summed E-state index contributed by atoms with van der Waals surface area (Å²) in [6, 6.07) is 0. The second-order valence-corrected chi connectivity index (χ2v) is 6.17. The summed E-state index contributed by atoms with van der Waals surface area (Å²) >= 11 is 0. The van der Waals surface area contributed by atoms with E-state index in [1.807, 2.05) is 4.68 Å². The number of aromatic nitrogens is 3. The highest BCUT2D eigenvalue weighted by Crippen LogP contribution is 2.22. The van der Waals surface area contributed by atoms with Crippen LogP contribution in [0, 0.1) is 11.3 Å². The molecule has 0 aromatic carbocycles. The van der Waals surface area contributed by atoms with Gasteiger partial charge in [-0.1, -0.05) is 34.6 Å². The highest BCUT2D eigenvalue weighted by Gasteiger charge is 2.22. The molecule has 1 aromatic heterocycles. The Kier molecular flexibility index (Phi) is 4.69. The summed E-state index contributed by atoms with van der Waals surface area (Å²) < 4.78 is 1.94. The molecule has 0 bridgehead atoms. The predicted molar refractivity (Wildman–Crippen MR) is 68.6 cm³/mol. The van der Waals surface area contributed by atoms with Crippen LogP contribution in [0.1, 0.15) is 46.9 Å². The quantitative estimate of drug-likeness (QED) is 0.857. The molecule has 0 radical (unpaired) electrons. The minimum absolute atomic E-state index is 0.0666. The molecule has 4 heteroatoms. The van der Waals surface area contributed by atoms with Crippen molar-refractivity contribution in [1.29, 1.82) is 0 Å². The normalized spacial score (nSPS) is 14.3. The van der Waals surface area contributed by atoms with E-state index in [9.17, 15) is 5.11 Å². The van der Waals surface area contributed by atoms with E-state index in [1.165, 1.54) is 0 Å². The van der Waals surface area contributed by atoms with Crippen molar-refractivity contribution in [2.45, 2.75) is 60.1 Å². The van der Waals surface area contributed by atoms with E-state index in [0.29, 0.717) is 5.92 Å². The maximum absolute atomic E-state index is 10.00. The van der Waals surface area contributed by atoms with Gasteiger partial charge in [0.25, 0.3) is 0 Å². The standard InChI is InChI=1S/C13H25N3O/c1-10(2)8-16-12(14-9-15-16)7-6-11(17)13(3,4)5/h9-11,17H,6-8H2,1-5H3. The van der Waals surface area contributed by atoms with Crippen molar-refractivity contribution in [1.82, 2.24) is 14.8 Å². The van der Waals surface area contributed by atoms with E-state index >= 15 is 0 Å². The Morgan fingerprint density at radius 3 is 2.53 bits per heavy atom. The van der Waals surface area contributed by atoms with E-state index < -0.39 is 0 Å². The molecule has 1 rings (SSSR count). The summed E-state index contributed by atoms with van der Waals surface area (Å²) in [5.41, 5.74) is -0.0666. The van der Waals surface area contributed by atoms with Crippen LogP contribution >= 0.6 is 0 Å². The van der Waals surface area contributed by atoms with Crippen molar-refractivity contribution in [3.8, 4) is 0 Å². The second kappa shape index (κ2) is 5.63. The van der Waals surface area contributed by atoms with Gasteiger partial charge in [0.2, 0.25) is 0 Å². The van der Waals surface area contributed by atoms with Crippen LogP contribution in [0.25, 0.3) is 0 Å². The lowest BCUT2D eigenvalue weighted by atomic mass is 9.86. The third-order valence-corrected chi connectivity index (χ3v) is 2.87. The number of nitrogens with zero attached hydrogens (tertiary/aromatic N) is 3. The summed E-state index contributed by atoms with van der Waals surface area (Å²) in [7, 11) is 0. The maximum Gasteiger partial charge on any atom is 0.138 e. The van der Waals surface area contributed by atoms with Gasteiger partial charge in [-0.15, -0.1) is 0 Å². The van der Waals surface area contributed by atoms with Gasteiger partial charge in [-0.25, -0.2) is 9.67 Å². The van der Waals surface area contributed by atoms with Crippen molar-refractivity contribution in [2.75, 3.05) is 0 Å². The summed E-state index contributed by atoms with van der Waals surface area (Å²) in [6.07, 6.45) is 2.82. The van der Waals surface area contributed by atoms with Gasteiger partial charge < -0.3 is 5.11 Å². The van der Waals surface area contributed by atoms with Gasteiger partial charge in [0.1, 0.15) is 12.2 Å². The second-order valence-electron chi connectivity index (χ2n) is 6.17. The van der Waals surface area contributed by atoms with E-state index in [2.05, 4.69) is 44.7 Å². The van der Waals surface area contributed by atoms with Crippen LogP contribution in [-0.2, 0) is 13.0 Å². The number of rotatable bonds is 5. The molecule has 98 valence electrons. The molecule has 1 unspecified atom stereocenters. The largest absolute Gasteiger partial charge is 0.393 e. The van der Waals surface area contributed by atoms with Crippen LogP contribution in [0.2, 0.25) is 0 Å². The first-order chi connectivity index (χ1) is 7.80. The minimum atomic E-state index is -0.299. The van der Waals surface area contributed by atoms with Crippen molar-refractivity contribution in [3.05, 3.63) is 12.2 Å².